The molecule has 3 N–H and O–H groups in total. The smallest absolute Gasteiger partial charge is 0.342 e. The second-order valence-electron chi connectivity index (χ2n) is 2.96. The molecule has 0 aliphatic carbocycles. The van der Waals surface area contributed by atoms with E-state index in [0.717, 1.165) is 13.3 Å². The van der Waals surface area contributed by atoms with Gasteiger partial charge in [0.05, 0.1) is 0 Å². The summed E-state index contributed by atoms with van der Waals surface area (Å²) in [6.45, 7) is 2.10. The Kier molecular flexibility index (Phi) is 4.18. The minimum Gasteiger partial charge on any atom is -0.353 e. The van der Waals surface area contributed by atoms with Crippen molar-refractivity contribution in [1.82, 2.24) is 0 Å². The zero-order valence-corrected chi connectivity index (χ0v) is 10.0. The van der Waals surface area contributed by atoms with E-state index in [1.165, 1.54) is 0 Å². The highest BCUT2D eigenvalue weighted by atomic mass is 31.3. The molecule has 0 saturated heterocycles. The fourth-order valence-corrected chi connectivity index (χ4v) is 6.16. The third-order valence-electron chi connectivity index (χ3n) is 0.745. The molecule has 80 valence electrons. The Morgan fingerprint density at radius 1 is 1.23 bits per heavy atom. The predicted octanol–water partition coefficient (Wildman–Crippen LogP) is 0.948. The van der Waals surface area contributed by atoms with Gasteiger partial charge in [0.1, 0.15) is 13.2 Å². The van der Waals surface area contributed by atoms with Gasteiger partial charge in [-0.05, 0) is 0 Å². The summed E-state index contributed by atoms with van der Waals surface area (Å²) in [7, 11) is -11.0. The summed E-state index contributed by atoms with van der Waals surface area (Å²) in [5, 5.41) is 0. The minimum absolute atomic E-state index is 0.869. The first-order valence-corrected chi connectivity index (χ1v) is 9.52. The molecule has 13 heavy (non-hydrogen) atoms. The monoisotopic (exact) mass is 250 g/mol. The van der Waals surface area contributed by atoms with Crippen molar-refractivity contribution in [1.29, 1.82) is 0 Å². The Labute approximate surface area is 76.7 Å². The lowest BCUT2D eigenvalue weighted by Gasteiger charge is -2.18. The Morgan fingerprint density at radius 3 is 1.85 bits per heavy atom. The van der Waals surface area contributed by atoms with Crippen LogP contribution in [0.3, 0.4) is 0 Å². The van der Waals surface area contributed by atoms with Crippen LogP contribution in [0.2, 0.25) is 0 Å². The van der Waals surface area contributed by atoms with Gasteiger partial charge in [-0.3, -0.25) is 13.4 Å². The van der Waals surface area contributed by atoms with Crippen LogP contribution in [0.4, 0.5) is 0 Å². The lowest BCUT2D eigenvalue weighted by Crippen LogP contribution is -1.93. The Morgan fingerprint density at radius 2 is 1.62 bits per heavy atom. The van der Waals surface area contributed by atoms with Gasteiger partial charge in [0.25, 0.3) is 0 Å². The van der Waals surface area contributed by atoms with Gasteiger partial charge in [-0.25, -0.2) is 0 Å². The SMILES string of the molecule is C=P(C)(O)OP(=O)(O)CP(C)(=O)O. The van der Waals surface area contributed by atoms with Crippen molar-refractivity contribution in [2.45, 2.75) is 0 Å². The van der Waals surface area contributed by atoms with E-state index in [-0.39, 0.29) is 0 Å². The van der Waals surface area contributed by atoms with Gasteiger partial charge < -0.3 is 14.7 Å². The molecular weight excluding hydrogens is 237 g/mol. The zero-order chi connectivity index (χ0) is 10.9. The van der Waals surface area contributed by atoms with Crippen molar-refractivity contribution in [2.24, 2.45) is 0 Å². The molecule has 0 radical (unpaired) electrons. The summed E-state index contributed by atoms with van der Waals surface area (Å²) in [5.74, 6) is -0.869. The second kappa shape index (κ2) is 4.00. The number of hydrogen-bond donors (Lipinski definition) is 3. The van der Waals surface area contributed by atoms with Crippen molar-refractivity contribution in [3.63, 3.8) is 0 Å². The first-order chi connectivity index (χ1) is 5.41. The molecule has 0 aromatic heterocycles. The van der Waals surface area contributed by atoms with Crippen LogP contribution in [0, 0.1) is 0 Å². The first kappa shape index (κ1) is 13.6. The molecule has 3 atom stereocenters. The van der Waals surface area contributed by atoms with E-state index in [1.807, 2.05) is 0 Å². The van der Waals surface area contributed by atoms with Gasteiger partial charge in [-0.2, -0.15) is 0 Å². The molecule has 0 heterocycles. The van der Waals surface area contributed by atoms with Crippen molar-refractivity contribution in [3.8, 4) is 0 Å². The normalized spacial score (nSPS) is 25.6. The van der Waals surface area contributed by atoms with E-state index in [2.05, 4.69) is 10.6 Å². The van der Waals surface area contributed by atoms with Crippen LogP contribution in [-0.4, -0.2) is 40.2 Å². The standard InChI is InChI=1S/C4H13O6P3/c1-11(2,5)10-13(8,9)4-12(3,6)7/h5H,1,4H2,2-3H3,(H,6,7)(H,8,9). The Balaban J connectivity index is 4.54. The van der Waals surface area contributed by atoms with Crippen LogP contribution < -0.4 is 0 Å². The molecule has 0 spiro atoms. The van der Waals surface area contributed by atoms with Crippen LogP contribution >= 0.6 is 22.3 Å². The molecule has 0 aliphatic heterocycles. The van der Waals surface area contributed by atoms with Crippen LogP contribution in [-0.2, 0) is 13.4 Å². The average molecular weight is 250 g/mol. The first-order valence-electron chi connectivity index (χ1n) is 3.17. The molecule has 0 aromatic carbocycles. The van der Waals surface area contributed by atoms with Gasteiger partial charge in [-0.1, -0.05) is 6.30 Å². The van der Waals surface area contributed by atoms with Crippen molar-refractivity contribution >= 4 is 28.6 Å². The van der Waals surface area contributed by atoms with Gasteiger partial charge in [0.15, 0.2) is 0 Å². The topological polar surface area (TPSA) is 104 Å². The lowest BCUT2D eigenvalue weighted by molar-refractivity contribution is 0.376. The van der Waals surface area contributed by atoms with E-state index >= 15 is 0 Å². The molecule has 0 amide bonds. The molecule has 0 saturated carbocycles. The summed E-state index contributed by atoms with van der Waals surface area (Å²) in [6.07, 6.45) is 3.13. The Hall–Kier alpha value is 0.600. The molecule has 0 aromatic rings. The maximum absolute atomic E-state index is 11.1. The number of hydrogen-bond acceptors (Lipinski definition) is 4. The van der Waals surface area contributed by atoms with Gasteiger partial charge in [0.2, 0.25) is 7.37 Å². The second-order valence-corrected chi connectivity index (χ2v) is 10.2. The molecule has 3 unspecified atom stereocenters. The van der Waals surface area contributed by atoms with Crippen LogP contribution in [0.25, 0.3) is 0 Å². The van der Waals surface area contributed by atoms with E-state index in [9.17, 15) is 9.13 Å². The van der Waals surface area contributed by atoms with Crippen LogP contribution in [0.15, 0.2) is 0 Å². The molecule has 0 rings (SSSR count). The van der Waals surface area contributed by atoms with Gasteiger partial charge >= 0.3 is 7.60 Å². The minimum atomic E-state index is -4.21. The third-order valence-corrected chi connectivity index (χ3v) is 6.70. The average Bonchev–Trinajstić information content (AvgIpc) is 1.43. The quantitative estimate of drug-likeness (QED) is 0.641. The molecular formula is C4H13O6P3. The highest BCUT2D eigenvalue weighted by Crippen LogP contribution is 2.63. The highest BCUT2D eigenvalue weighted by Gasteiger charge is 2.31. The maximum Gasteiger partial charge on any atom is 0.342 e. The third kappa shape index (κ3) is 8.92. The molecule has 0 fully saturated rings. The largest absolute Gasteiger partial charge is 0.353 e. The lowest BCUT2D eigenvalue weighted by atomic mass is 11.9. The number of rotatable bonds is 4. The highest BCUT2D eigenvalue weighted by molar-refractivity contribution is 7.78. The maximum atomic E-state index is 11.1. The molecule has 0 bridgehead atoms. The van der Waals surface area contributed by atoms with Crippen molar-refractivity contribution < 1.29 is 28.1 Å². The fourth-order valence-electron chi connectivity index (χ4n) is 0.632. The van der Waals surface area contributed by atoms with Crippen molar-refractivity contribution in [3.05, 3.63) is 0 Å². The molecule has 9 heteroatoms. The summed E-state index contributed by atoms with van der Waals surface area (Å²) in [5.41, 5.74) is 0. The van der Waals surface area contributed by atoms with E-state index in [4.69, 9.17) is 14.7 Å². The van der Waals surface area contributed by atoms with E-state index in [0.29, 0.717) is 0 Å². The van der Waals surface area contributed by atoms with Crippen LogP contribution in [0.1, 0.15) is 0 Å². The fraction of sp³-hybridized carbons (Fsp3) is 0.750. The van der Waals surface area contributed by atoms with Gasteiger partial charge in [-0.15, -0.1) is 0 Å². The van der Waals surface area contributed by atoms with E-state index in [1.54, 1.807) is 0 Å². The van der Waals surface area contributed by atoms with Crippen LogP contribution in [0.5, 0.6) is 0 Å². The molecule has 0 aliphatic rings. The summed E-state index contributed by atoms with van der Waals surface area (Å²) < 4.78 is 26.2. The van der Waals surface area contributed by atoms with Crippen molar-refractivity contribution in [2.75, 3.05) is 19.2 Å². The summed E-state index contributed by atoms with van der Waals surface area (Å²) in [6, 6.07) is 0. The van der Waals surface area contributed by atoms with E-state index < -0.39 is 28.2 Å². The predicted molar refractivity (Wildman–Crippen MR) is 53.7 cm³/mol. The summed E-state index contributed by atoms with van der Waals surface area (Å²) >= 11 is 0. The van der Waals surface area contributed by atoms with Gasteiger partial charge in [0, 0.05) is 13.3 Å². The summed E-state index contributed by atoms with van der Waals surface area (Å²) in [4.78, 5) is 26.8. The zero-order valence-electron chi connectivity index (χ0n) is 7.32. The molecule has 6 nitrogen and oxygen atoms in total. The Bertz CT molecular complexity index is 282.